The topological polar surface area (TPSA) is 56.1 Å². The second-order valence-corrected chi connectivity index (χ2v) is 3.92. The van der Waals surface area contributed by atoms with Crippen LogP contribution in [0.2, 0.25) is 0 Å². The predicted molar refractivity (Wildman–Crippen MR) is 67.6 cm³/mol. The third-order valence-electron chi connectivity index (χ3n) is 2.67. The molecule has 2 rings (SSSR count). The molecule has 0 spiro atoms. The van der Waals surface area contributed by atoms with Crippen molar-refractivity contribution in [3.05, 3.63) is 48.5 Å². The molecule has 0 aliphatic carbocycles. The second kappa shape index (κ2) is 5.35. The summed E-state index contributed by atoms with van der Waals surface area (Å²) in [7, 11) is 1.62. The number of carbonyl (C=O) groups excluding carboxylic acids is 1. The molecule has 0 fully saturated rings. The Hall–Kier alpha value is -2.30. The van der Waals surface area contributed by atoms with E-state index in [1.165, 1.54) is 10.9 Å². The normalized spacial score (nSPS) is 11.9. The zero-order valence-corrected chi connectivity index (χ0v) is 10.3. The fourth-order valence-corrected chi connectivity index (χ4v) is 1.63. The van der Waals surface area contributed by atoms with E-state index in [9.17, 15) is 4.79 Å². The Morgan fingerprint density at radius 2 is 2.33 bits per heavy atom. The number of methoxy groups -OCH3 is 1. The van der Waals surface area contributed by atoms with Crippen LogP contribution in [0.15, 0.2) is 43.0 Å². The monoisotopic (exact) mass is 245 g/mol. The van der Waals surface area contributed by atoms with Crippen molar-refractivity contribution in [2.24, 2.45) is 0 Å². The number of carbonyl (C=O) groups is 1. The van der Waals surface area contributed by atoms with Gasteiger partial charge in [0.1, 0.15) is 12.1 Å². The van der Waals surface area contributed by atoms with Gasteiger partial charge in [-0.1, -0.05) is 12.1 Å². The van der Waals surface area contributed by atoms with E-state index in [-0.39, 0.29) is 12.1 Å². The maximum absolute atomic E-state index is 11.8. The first-order valence-electron chi connectivity index (χ1n) is 5.63. The molecule has 1 N–H and O–H groups in total. The van der Waals surface area contributed by atoms with Crippen LogP contribution in [0.4, 0.5) is 4.79 Å². The standard InChI is InChI=1S/C13H15N3O2/c1-10(11-4-3-5-12(8-11)18-2)15-13(17)16-7-6-14-9-16/h3-10H,1-2H3,(H,15,17)/t10-/m1/s1. The maximum atomic E-state index is 11.8. The molecule has 5 nitrogen and oxygen atoms in total. The molecule has 18 heavy (non-hydrogen) atoms. The van der Waals surface area contributed by atoms with Crippen molar-refractivity contribution < 1.29 is 9.53 Å². The van der Waals surface area contributed by atoms with Gasteiger partial charge in [-0.05, 0) is 24.6 Å². The minimum absolute atomic E-state index is 0.102. The lowest BCUT2D eigenvalue weighted by Crippen LogP contribution is -2.30. The van der Waals surface area contributed by atoms with Crippen molar-refractivity contribution in [1.29, 1.82) is 0 Å². The maximum Gasteiger partial charge on any atom is 0.327 e. The molecule has 0 aliphatic rings. The van der Waals surface area contributed by atoms with E-state index in [1.807, 2.05) is 31.2 Å². The quantitative estimate of drug-likeness (QED) is 0.902. The van der Waals surface area contributed by atoms with Crippen LogP contribution in [-0.2, 0) is 0 Å². The summed E-state index contributed by atoms with van der Waals surface area (Å²) in [6, 6.07) is 7.31. The van der Waals surface area contributed by atoms with Crippen molar-refractivity contribution in [3.63, 3.8) is 0 Å². The van der Waals surface area contributed by atoms with Gasteiger partial charge in [0, 0.05) is 12.4 Å². The Kier molecular flexibility index (Phi) is 3.62. The summed E-state index contributed by atoms with van der Waals surface area (Å²) in [5, 5.41) is 2.88. The first kappa shape index (κ1) is 12.2. The fraction of sp³-hybridized carbons (Fsp3) is 0.231. The van der Waals surface area contributed by atoms with E-state index in [0.717, 1.165) is 11.3 Å². The molecule has 1 atom stereocenters. The van der Waals surface area contributed by atoms with Gasteiger partial charge in [0.2, 0.25) is 0 Å². The molecule has 2 aromatic rings. The molecule has 1 aromatic carbocycles. The van der Waals surface area contributed by atoms with E-state index in [2.05, 4.69) is 10.3 Å². The second-order valence-electron chi connectivity index (χ2n) is 3.92. The van der Waals surface area contributed by atoms with Gasteiger partial charge >= 0.3 is 6.03 Å². The zero-order valence-electron chi connectivity index (χ0n) is 10.3. The summed E-state index contributed by atoms with van der Waals surface area (Å²) in [6.07, 6.45) is 4.64. The highest BCUT2D eigenvalue weighted by Gasteiger charge is 2.11. The predicted octanol–water partition coefficient (Wildman–Crippen LogP) is 2.21. The van der Waals surface area contributed by atoms with E-state index in [4.69, 9.17) is 4.74 Å². The average molecular weight is 245 g/mol. The molecule has 1 heterocycles. The Labute approximate surface area is 105 Å². The van der Waals surface area contributed by atoms with Crippen LogP contribution in [0, 0.1) is 0 Å². The summed E-state index contributed by atoms with van der Waals surface area (Å²) in [4.78, 5) is 15.7. The van der Waals surface area contributed by atoms with Crippen LogP contribution in [0.5, 0.6) is 5.75 Å². The SMILES string of the molecule is COc1cccc([C@@H](C)NC(=O)n2ccnc2)c1. The number of aromatic nitrogens is 2. The Morgan fingerprint density at radius 3 is 3.00 bits per heavy atom. The van der Waals surface area contributed by atoms with E-state index >= 15 is 0 Å². The van der Waals surface area contributed by atoms with Gasteiger partial charge in [-0.3, -0.25) is 4.57 Å². The first-order valence-corrected chi connectivity index (χ1v) is 5.63. The van der Waals surface area contributed by atoms with Crippen LogP contribution in [0.1, 0.15) is 18.5 Å². The molecular weight excluding hydrogens is 230 g/mol. The summed E-state index contributed by atoms with van der Waals surface area (Å²) < 4.78 is 6.55. The fourth-order valence-electron chi connectivity index (χ4n) is 1.63. The van der Waals surface area contributed by atoms with Gasteiger partial charge < -0.3 is 10.1 Å². The van der Waals surface area contributed by atoms with Crippen LogP contribution >= 0.6 is 0 Å². The minimum atomic E-state index is -0.206. The number of nitrogens with zero attached hydrogens (tertiary/aromatic N) is 2. The molecule has 1 amide bonds. The molecule has 1 aromatic heterocycles. The van der Waals surface area contributed by atoms with Gasteiger partial charge in [-0.2, -0.15) is 0 Å². The number of imidazole rings is 1. The van der Waals surface area contributed by atoms with Crippen LogP contribution in [0.25, 0.3) is 0 Å². The first-order chi connectivity index (χ1) is 8.70. The lowest BCUT2D eigenvalue weighted by Gasteiger charge is -2.15. The average Bonchev–Trinajstić information content (AvgIpc) is 2.92. The zero-order chi connectivity index (χ0) is 13.0. The van der Waals surface area contributed by atoms with Crippen molar-refractivity contribution in [2.75, 3.05) is 7.11 Å². The minimum Gasteiger partial charge on any atom is -0.497 e. The Balaban J connectivity index is 2.07. The third-order valence-corrected chi connectivity index (χ3v) is 2.67. The number of rotatable bonds is 3. The molecule has 0 bridgehead atoms. The molecule has 0 radical (unpaired) electrons. The van der Waals surface area contributed by atoms with Gasteiger partial charge in [-0.25, -0.2) is 9.78 Å². The number of ether oxygens (including phenoxy) is 1. The molecule has 0 saturated carbocycles. The summed E-state index contributed by atoms with van der Waals surface area (Å²) in [6.45, 7) is 1.92. The molecule has 5 heteroatoms. The van der Waals surface area contributed by atoms with Crippen molar-refractivity contribution >= 4 is 6.03 Å². The highest BCUT2D eigenvalue weighted by molar-refractivity contribution is 5.76. The summed E-state index contributed by atoms with van der Waals surface area (Å²) in [5.74, 6) is 0.774. The van der Waals surface area contributed by atoms with Crippen molar-refractivity contribution in [2.45, 2.75) is 13.0 Å². The molecular formula is C13H15N3O2. The third kappa shape index (κ3) is 2.68. The van der Waals surface area contributed by atoms with Gasteiger partial charge in [-0.15, -0.1) is 0 Å². The van der Waals surface area contributed by atoms with Gasteiger partial charge in [0.15, 0.2) is 0 Å². The molecule has 0 aliphatic heterocycles. The Morgan fingerprint density at radius 1 is 1.50 bits per heavy atom. The largest absolute Gasteiger partial charge is 0.497 e. The lowest BCUT2D eigenvalue weighted by atomic mass is 10.1. The van der Waals surface area contributed by atoms with E-state index < -0.39 is 0 Å². The highest BCUT2D eigenvalue weighted by Crippen LogP contribution is 2.18. The van der Waals surface area contributed by atoms with Crippen LogP contribution in [-0.4, -0.2) is 22.7 Å². The number of hydrogen-bond acceptors (Lipinski definition) is 3. The number of amides is 1. The van der Waals surface area contributed by atoms with Crippen molar-refractivity contribution in [1.82, 2.24) is 14.9 Å². The van der Waals surface area contributed by atoms with Crippen molar-refractivity contribution in [3.8, 4) is 5.75 Å². The summed E-state index contributed by atoms with van der Waals surface area (Å²) >= 11 is 0. The molecule has 0 saturated heterocycles. The number of nitrogens with one attached hydrogen (secondary N) is 1. The van der Waals surface area contributed by atoms with E-state index in [1.54, 1.807) is 19.5 Å². The number of benzene rings is 1. The molecule has 0 unspecified atom stereocenters. The lowest BCUT2D eigenvalue weighted by molar-refractivity contribution is 0.239. The number of hydrogen-bond donors (Lipinski definition) is 1. The molecule has 94 valence electrons. The smallest absolute Gasteiger partial charge is 0.327 e. The highest BCUT2D eigenvalue weighted by atomic mass is 16.5. The Bertz CT molecular complexity index is 523. The van der Waals surface area contributed by atoms with Crippen LogP contribution < -0.4 is 10.1 Å². The summed E-state index contributed by atoms with van der Waals surface area (Å²) in [5.41, 5.74) is 0.989. The van der Waals surface area contributed by atoms with Crippen LogP contribution in [0.3, 0.4) is 0 Å². The van der Waals surface area contributed by atoms with Gasteiger partial charge in [0.25, 0.3) is 0 Å². The van der Waals surface area contributed by atoms with E-state index in [0.29, 0.717) is 0 Å². The van der Waals surface area contributed by atoms with Gasteiger partial charge in [0.05, 0.1) is 13.2 Å².